The van der Waals surface area contributed by atoms with Crippen LogP contribution >= 0.6 is 15.9 Å². The Morgan fingerprint density at radius 2 is 2.14 bits per heavy atom. The molecule has 0 spiro atoms. The Bertz CT molecular complexity index is 1030. The number of aliphatic hydroxyl groups is 1. The van der Waals surface area contributed by atoms with Gasteiger partial charge in [0.05, 0.1) is 39.6 Å². The number of nitrogen functional groups attached to an aromatic ring is 1. The summed E-state index contributed by atoms with van der Waals surface area (Å²) in [5.74, 6) is 0.721. The maximum absolute atomic E-state index is 9.83. The molecule has 1 atom stereocenters. The van der Waals surface area contributed by atoms with E-state index in [1.54, 1.807) is 30.7 Å². The molecule has 1 fully saturated rings. The number of anilines is 2. The first-order valence-corrected chi connectivity index (χ1v) is 9.67. The quantitative estimate of drug-likeness (QED) is 0.539. The molecule has 4 N–H and O–H groups in total. The molecule has 0 aliphatic carbocycles. The van der Waals surface area contributed by atoms with E-state index in [0.717, 1.165) is 22.4 Å². The normalized spacial score (nSPS) is 16.4. The second-order valence-corrected chi connectivity index (χ2v) is 7.52. The second kappa shape index (κ2) is 7.65. The van der Waals surface area contributed by atoms with Crippen molar-refractivity contribution in [1.29, 1.82) is 5.41 Å². The summed E-state index contributed by atoms with van der Waals surface area (Å²) in [6.07, 6.45) is 5.34. The maximum atomic E-state index is 9.83. The SMILES string of the molecule is N=C(c1ccc(Br)c(N2CCC(O)C2)n1)c1cc(-c2cccnc2)ncc1N. The minimum Gasteiger partial charge on any atom is -0.397 e. The molecule has 1 unspecified atom stereocenters. The predicted molar refractivity (Wildman–Crippen MR) is 113 cm³/mol. The molecule has 7 nitrogen and oxygen atoms in total. The van der Waals surface area contributed by atoms with Gasteiger partial charge in [0.15, 0.2) is 0 Å². The minimum absolute atomic E-state index is 0.221. The smallest absolute Gasteiger partial charge is 0.143 e. The molecule has 4 rings (SSSR count). The fourth-order valence-electron chi connectivity index (χ4n) is 3.22. The Balaban J connectivity index is 1.70. The van der Waals surface area contributed by atoms with Crippen molar-refractivity contribution in [3.63, 3.8) is 0 Å². The number of halogens is 1. The Morgan fingerprint density at radius 1 is 1.29 bits per heavy atom. The summed E-state index contributed by atoms with van der Waals surface area (Å²) >= 11 is 3.52. The van der Waals surface area contributed by atoms with E-state index in [2.05, 4.69) is 30.9 Å². The van der Waals surface area contributed by atoms with Gasteiger partial charge in [-0.05, 0) is 52.7 Å². The summed E-state index contributed by atoms with van der Waals surface area (Å²) in [6.45, 7) is 1.26. The molecule has 0 bridgehead atoms. The maximum Gasteiger partial charge on any atom is 0.143 e. The third-order valence-electron chi connectivity index (χ3n) is 4.71. The highest BCUT2D eigenvalue weighted by molar-refractivity contribution is 9.10. The zero-order valence-electron chi connectivity index (χ0n) is 15.0. The van der Waals surface area contributed by atoms with Crippen LogP contribution in [0.25, 0.3) is 11.3 Å². The van der Waals surface area contributed by atoms with Crippen molar-refractivity contribution in [2.45, 2.75) is 12.5 Å². The molecule has 3 aromatic heterocycles. The molecule has 142 valence electrons. The number of rotatable bonds is 4. The number of hydrogen-bond acceptors (Lipinski definition) is 7. The van der Waals surface area contributed by atoms with Crippen molar-refractivity contribution >= 4 is 33.1 Å². The molecule has 28 heavy (non-hydrogen) atoms. The molecule has 1 aliphatic heterocycles. The number of β-amino-alcohol motifs (C(OH)–C–C–N with tert-alkyl or cyclic N) is 1. The molecule has 4 heterocycles. The first kappa shape index (κ1) is 18.5. The molecule has 8 heteroatoms. The lowest BCUT2D eigenvalue weighted by Gasteiger charge is -2.19. The van der Waals surface area contributed by atoms with E-state index >= 15 is 0 Å². The van der Waals surface area contributed by atoms with Crippen LogP contribution in [0.15, 0.2) is 53.4 Å². The van der Waals surface area contributed by atoms with Gasteiger partial charge in [0.1, 0.15) is 5.82 Å². The van der Waals surface area contributed by atoms with Crippen molar-refractivity contribution in [1.82, 2.24) is 15.0 Å². The zero-order chi connectivity index (χ0) is 19.7. The molecule has 0 saturated carbocycles. The average Bonchev–Trinajstić information content (AvgIpc) is 3.15. The Morgan fingerprint density at radius 3 is 2.86 bits per heavy atom. The average molecular weight is 439 g/mol. The van der Waals surface area contributed by atoms with Crippen LogP contribution in [-0.2, 0) is 0 Å². The van der Waals surface area contributed by atoms with Crippen LogP contribution in [0, 0.1) is 5.41 Å². The monoisotopic (exact) mass is 438 g/mol. The van der Waals surface area contributed by atoms with Crippen molar-refractivity contribution in [2.24, 2.45) is 0 Å². The van der Waals surface area contributed by atoms with Crippen LogP contribution in [0.1, 0.15) is 17.7 Å². The van der Waals surface area contributed by atoms with Crippen LogP contribution in [0.2, 0.25) is 0 Å². The van der Waals surface area contributed by atoms with Crippen LogP contribution in [0.4, 0.5) is 11.5 Å². The predicted octanol–water partition coefficient (Wildman–Crippen LogP) is 2.87. The van der Waals surface area contributed by atoms with Gasteiger partial charge in [-0.2, -0.15) is 0 Å². The van der Waals surface area contributed by atoms with Gasteiger partial charge in [-0.3, -0.25) is 15.4 Å². The molecule has 1 saturated heterocycles. The van der Waals surface area contributed by atoms with Gasteiger partial charge in [-0.15, -0.1) is 0 Å². The van der Waals surface area contributed by atoms with E-state index in [-0.39, 0.29) is 11.8 Å². The number of nitrogens with zero attached hydrogens (tertiary/aromatic N) is 4. The lowest BCUT2D eigenvalue weighted by molar-refractivity contribution is 0.198. The summed E-state index contributed by atoms with van der Waals surface area (Å²) in [4.78, 5) is 15.2. The van der Waals surface area contributed by atoms with Gasteiger partial charge in [-0.25, -0.2) is 4.98 Å². The minimum atomic E-state index is -0.352. The van der Waals surface area contributed by atoms with Crippen molar-refractivity contribution < 1.29 is 5.11 Å². The van der Waals surface area contributed by atoms with E-state index in [0.29, 0.717) is 35.6 Å². The zero-order valence-corrected chi connectivity index (χ0v) is 16.6. The Labute approximate surface area is 170 Å². The highest BCUT2D eigenvalue weighted by Crippen LogP contribution is 2.29. The summed E-state index contributed by atoms with van der Waals surface area (Å²) in [7, 11) is 0. The van der Waals surface area contributed by atoms with Crippen LogP contribution in [0.3, 0.4) is 0 Å². The summed E-state index contributed by atoms with van der Waals surface area (Å²) in [5, 5.41) is 18.5. The van der Waals surface area contributed by atoms with Crippen LogP contribution in [0.5, 0.6) is 0 Å². The van der Waals surface area contributed by atoms with Crippen LogP contribution in [-0.4, -0.2) is 45.0 Å². The highest BCUT2D eigenvalue weighted by Gasteiger charge is 2.24. The van der Waals surface area contributed by atoms with E-state index in [4.69, 9.17) is 11.1 Å². The molecule has 0 aromatic carbocycles. The van der Waals surface area contributed by atoms with Gasteiger partial charge >= 0.3 is 0 Å². The van der Waals surface area contributed by atoms with Crippen molar-refractivity contribution in [2.75, 3.05) is 23.7 Å². The number of aliphatic hydroxyl groups excluding tert-OH is 1. The third-order valence-corrected chi connectivity index (χ3v) is 5.33. The summed E-state index contributed by atoms with van der Waals surface area (Å²) < 4.78 is 0.830. The van der Waals surface area contributed by atoms with Crippen molar-refractivity contribution in [3.8, 4) is 11.3 Å². The Kier molecular flexibility index (Phi) is 5.06. The van der Waals surface area contributed by atoms with Gasteiger partial charge in [0.25, 0.3) is 0 Å². The van der Waals surface area contributed by atoms with Gasteiger partial charge < -0.3 is 15.7 Å². The van der Waals surface area contributed by atoms with E-state index in [1.807, 2.05) is 23.1 Å². The second-order valence-electron chi connectivity index (χ2n) is 6.66. The fourth-order valence-corrected chi connectivity index (χ4v) is 3.69. The number of pyridine rings is 3. The summed E-state index contributed by atoms with van der Waals surface area (Å²) in [6, 6.07) is 9.19. The van der Waals surface area contributed by atoms with E-state index in [9.17, 15) is 5.11 Å². The van der Waals surface area contributed by atoms with E-state index < -0.39 is 0 Å². The number of aromatic nitrogens is 3. The molecule has 3 aromatic rings. The highest BCUT2D eigenvalue weighted by atomic mass is 79.9. The van der Waals surface area contributed by atoms with Gasteiger partial charge in [0, 0.05) is 36.6 Å². The van der Waals surface area contributed by atoms with Gasteiger partial charge in [-0.1, -0.05) is 0 Å². The lowest BCUT2D eigenvalue weighted by atomic mass is 10.0. The fraction of sp³-hybridized carbons (Fsp3) is 0.200. The molecule has 0 amide bonds. The molecular weight excluding hydrogens is 420 g/mol. The molecule has 0 radical (unpaired) electrons. The third kappa shape index (κ3) is 3.61. The topological polar surface area (TPSA) is 112 Å². The van der Waals surface area contributed by atoms with E-state index in [1.165, 1.54) is 0 Å². The number of nitrogens with two attached hydrogens (primary N) is 1. The Hall–Kier alpha value is -2.84. The lowest BCUT2D eigenvalue weighted by Crippen LogP contribution is -2.23. The van der Waals surface area contributed by atoms with Crippen molar-refractivity contribution in [3.05, 3.63) is 64.7 Å². The summed E-state index contributed by atoms with van der Waals surface area (Å²) in [5.41, 5.74) is 9.38. The first-order valence-electron chi connectivity index (χ1n) is 8.87. The van der Waals surface area contributed by atoms with Gasteiger partial charge in [0.2, 0.25) is 0 Å². The number of hydrogen-bond donors (Lipinski definition) is 3. The largest absolute Gasteiger partial charge is 0.397 e. The molecular formula is C20H19BrN6O. The number of nitrogens with one attached hydrogen (secondary N) is 1. The first-order chi connectivity index (χ1) is 13.5. The standard InChI is InChI=1S/C20H19BrN6O/c21-15-3-4-17(26-20(15)27-7-5-13(28)11-27)19(23)14-8-18(25-10-16(14)22)12-2-1-6-24-9-12/h1-4,6,8-10,13,23,28H,5,7,11,22H2. The van der Waals surface area contributed by atoms with Crippen LogP contribution < -0.4 is 10.6 Å². The molecule has 1 aliphatic rings.